The molecule has 1 saturated carbocycles. The van der Waals surface area contributed by atoms with Crippen molar-refractivity contribution in [2.45, 2.75) is 44.7 Å². The highest BCUT2D eigenvalue weighted by Crippen LogP contribution is 2.45. The van der Waals surface area contributed by atoms with E-state index in [-0.39, 0.29) is 11.8 Å². The number of pyridine rings is 1. The third-order valence-corrected chi connectivity index (χ3v) is 4.54. The number of aromatic nitrogens is 1. The van der Waals surface area contributed by atoms with Crippen molar-refractivity contribution < 1.29 is 13.2 Å². The first-order valence-corrected chi connectivity index (χ1v) is 7.18. The molecule has 1 heterocycles. The van der Waals surface area contributed by atoms with Crippen molar-refractivity contribution in [2.24, 2.45) is 17.6 Å². The van der Waals surface area contributed by atoms with Gasteiger partial charge in [0, 0.05) is 12.4 Å². The van der Waals surface area contributed by atoms with Crippen LogP contribution in [0.2, 0.25) is 0 Å². The van der Waals surface area contributed by atoms with Gasteiger partial charge in [0.15, 0.2) is 0 Å². The fourth-order valence-corrected chi connectivity index (χ4v) is 3.31. The predicted octanol–water partition coefficient (Wildman–Crippen LogP) is 3.97. The van der Waals surface area contributed by atoms with Crippen LogP contribution in [0.15, 0.2) is 18.5 Å². The molecule has 0 saturated heterocycles. The first kappa shape index (κ1) is 15.3. The van der Waals surface area contributed by atoms with Gasteiger partial charge in [-0.2, -0.15) is 13.2 Å². The Bertz CT molecular complexity index is 445. The maximum atomic E-state index is 13.2. The second kappa shape index (κ2) is 6.12. The summed E-state index contributed by atoms with van der Waals surface area (Å²) in [5.41, 5.74) is 5.55. The van der Waals surface area contributed by atoms with Gasteiger partial charge in [0.05, 0.1) is 5.56 Å². The van der Waals surface area contributed by atoms with Crippen molar-refractivity contribution in [3.63, 3.8) is 0 Å². The van der Waals surface area contributed by atoms with E-state index in [1.54, 1.807) is 0 Å². The van der Waals surface area contributed by atoms with Gasteiger partial charge < -0.3 is 5.73 Å². The number of hydrogen-bond acceptors (Lipinski definition) is 2. The number of rotatable bonds is 3. The van der Waals surface area contributed by atoms with Crippen LogP contribution in [-0.2, 0) is 6.18 Å². The van der Waals surface area contributed by atoms with Gasteiger partial charge in [0.2, 0.25) is 0 Å². The van der Waals surface area contributed by atoms with E-state index in [9.17, 15) is 13.2 Å². The van der Waals surface area contributed by atoms with E-state index in [0.717, 1.165) is 31.7 Å². The van der Waals surface area contributed by atoms with E-state index in [4.69, 9.17) is 5.73 Å². The standard InChI is InChI=1S/C15H21F3N2/c1-2-10-3-4-11(8-19)12(7-10)13-9-20-6-5-14(13)15(16,17)18/h5-6,9-12H,2-4,7-8,19H2,1H3. The number of nitrogens with zero attached hydrogens (tertiary/aromatic N) is 1. The molecule has 0 radical (unpaired) electrons. The SMILES string of the molecule is CCC1CCC(CN)C(c2cnccc2C(F)(F)F)C1. The maximum absolute atomic E-state index is 13.2. The van der Waals surface area contributed by atoms with Crippen molar-refractivity contribution in [3.05, 3.63) is 29.6 Å². The largest absolute Gasteiger partial charge is 0.416 e. The van der Waals surface area contributed by atoms with Crippen LogP contribution in [0, 0.1) is 11.8 Å². The van der Waals surface area contributed by atoms with Crippen molar-refractivity contribution in [1.82, 2.24) is 4.98 Å². The summed E-state index contributed by atoms with van der Waals surface area (Å²) in [5.74, 6) is 0.496. The van der Waals surface area contributed by atoms with Crippen LogP contribution >= 0.6 is 0 Å². The van der Waals surface area contributed by atoms with Gasteiger partial charge in [0.25, 0.3) is 0 Å². The minimum Gasteiger partial charge on any atom is -0.330 e. The summed E-state index contributed by atoms with van der Waals surface area (Å²) in [6.45, 7) is 2.53. The third-order valence-electron chi connectivity index (χ3n) is 4.54. The zero-order valence-corrected chi connectivity index (χ0v) is 11.7. The molecule has 112 valence electrons. The Morgan fingerprint density at radius 1 is 1.35 bits per heavy atom. The molecule has 3 atom stereocenters. The first-order valence-electron chi connectivity index (χ1n) is 7.18. The third kappa shape index (κ3) is 3.14. The van der Waals surface area contributed by atoms with E-state index in [0.29, 0.717) is 18.0 Å². The number of nitrogens with two attached hydrogens (primary N) is 1. The molecule has 1 aromatic rings. The summed E-state index contributed by atoms with van der Waals surface area (Å²) in [6.07, 6.45) is 2.04. The molecule has 2 rings (SSSR count). The molecule has 0 spiro atoms. The van der Waals surface area contributed by atoms with Crippen LogP contribution in [0.1, 0.15) is 49.7 Å². The summed E-state index contributed by atoms with van der Waals surface area (Å²) in [7, 11) is 0. The van der Waals surface area contributed by atoms with Crippen molar-refractivity contribution >= 4 is 0 Å². The lowest BCUT2D eigenvalue weighted by Crippen LogP contribution is -2.30. The highest BCUT2D eigenvalue weighted by molar-refractivity contribution is 5.30. The van der Waals surface area contributed by atoms with Gasteiger partial charge in [-0.1, -0.05) is 19.8 Å². The Kier molecular flexibility index (Phi) is 4.68. The van der Waals surface area contributed by atoms with Crippen LogP contribution in [0.3, 0.4) is 0 Å². The van der Waals surface area contributed by atoms with Crippen LogP contribution in [0.4, 0.5) is 13.2 Å². The first-order chi connectivity index (χ1) is 9.47. The van der Waals surface area contributed by atoms with Crippen LogP contribution in [-0.4, -0.2) is 11.5 Å². The topological polar surface area (TPSA) is 38.9 Å². The average Bonchev–Trinajstić information content (AvgIpc) is 2.45. The van der Waals surface area contributed by atoms with E-state index in [2.05, 4.69) is 11.9 Å². The Hall–Kier alpha value is -1.10. The zero-order valence-electron chi connectivity index (χ0n) is 11.7. The Balaban J connectivity index is 2.37. The molecular formula is C15H21F3N2. The summed E-state index contributed by atoms with van der Waals surface area (Å²) in [5, 5.41) is 0. The van der Waals surface area contributed by atoms with Crippen LogP contribution < -0.4 is 5.73 Å². The fourth-order valence-electron chi connectivity index (χ4n) is 3.31. The molecule has 1 aliphatic carbocycles. The van der Waals surface area contributed by atoms with Gasteiger partial charge in [-0.3, -0.25) is 4.98 Å². The number of hydrogen-bond donors (Lipinski definition) is 1. The molecule has 1 fully saturated rings. The maximum Gasteiger partial charge on any atom is 0.416 e. The fraction of sp³-hybridized carbons (Fsp3) is 0.667. The minimum atomic E-state index is -4.32. The van der Waals surface area contributed by atoms with Crippen molar-refractivity contribution in [3.8, 4) is 0 Å². The van der Waals surface area contributed by atoms with Crippen molar-refractivity contribution in [1.29, 1.82) is 0 Å². The number of halogens is 3. The molecule has 0 aliphatic heterocycles. The molecule has 5 heteroatoms. The molecular weight excluding hydrogens is 265 g/mol. The summed E-state index contributed by atoms with van der Waals surface area (Å²) in [4.78, 5) is 3.91. The van der Waals surface area contributed by atoms with Gasteiger partial charge in [-0.25, -0.2) is 0 Å². The second-order valence-corrected chi connectivity index (χ2v) is 5.65. The lowest BCUT2D eigenvalue weighted by Gasteiger charge is -2.36. The van der Waals surface area contributed by atoms with Gasteiger partial charge in [0.1, 0.15) is 0 Å². The average molecular weight is 286 g/mol. The van der Waals surface area contributed by atoms with E-state index in [1.165, 1.54) is 12.4 Å². The monoisotopic (exact) mass is 286 g/mol. The molecule has 20 heavy (non-hydrogen) atoms. The van der Waals surface area contributed by atoms with E-state index >= 15 is 0 Å². The lowest BCUT2D eigenvalue weighted by atomic mass is 9.70. The van der Waals surface area contributed by atoms with E-state index in [1.807, 2.05) is 0 Å². The molecule has 0 aromatic carbocycles. The Morgan fingerprint density at radius 3 is 2.70 bits per heavy atom. The molecule has 0 bridgehead atoms. The zero-order chi connectivity index (χ0) is 14.8. The molecule has 2 N–H and O–H groups in total. The van der Waals surface area contributed by atoms with Gasteiger partial charge in [-0.05, 0) is 48.8 Å². The quantitative estimate of drug-likeness (QED) is 0.913. The second-order valence-electron chi connectivity index (χ2n) is 5.65. The highest BCUT2D eigenvalue weighted by atomic mass is 19.4. The summed E-state index contributed by atoms with van der Waals surface area (Å²) >= 11 is 0. The van der Waals surface area contributed by atoms with Gasteiger partial charge in [-0.15, -0.1) is 0 Å². The molecule has 3 unspecified atom stereocenters. The normalized spacial score (nSPS) is 27.6. The van der Waals surface area contributed by atoms with Crippen molar-refractivity contribution in [2.75, 3.05) is 6.54 Å². The Labute approximate surface area is 117 Å². The number of alkyl halides is 3. The Morgan fingerprint density at radius 2 is 2.10 bits per heavy atom. The molecule has 2 nitrogen and oxygen atoms in total. The van der Waals surface area contributed by atoms with Gasteiger partial charge >= 0.3 is 6.18 Å². The highest BCUT2D eigenvalue weighted by Gasteiger charge is 2.38. The summed E-state index contributed by atoms with van der Waals surface area (Å²) < 4.78 is 39.5. The molecule has 1 aromatic heterocycles. The summed E-state index contributed by atoms with van der Waals surface area (Å²) in [6, 6.07) is 1.08. The van der Waals surface area contributed by atoms with E-state index < -0.39 is 11.7 Å². The molecule has 0 amide bonds. The van der Waals surface area contributed by atoms with Crippen LogP contribution in [0.25, 0.3) is 0 Å². The van der Waals surface area contributed by atoms with Crippen LogP contribution in [0.5, 0.6) is 0 Å². The minimum absolute atomic E-state index is 0.121. The smallest absolute Gasteiger partial charge is 0.330 e. The lowest BCUT2D eigenvalue weighted by molar-refractivity contribution is -0.138. The molecule has 1 aliphatic rings. The predicted molar refractivity (Wildman–Crippen MR) is 72.2 cm³/mol.